The number of imide groups is 1. The highest BCUT2D eigenvalue weighted by molar-refractivity contribution is 8.18. The first-order valence-corrected chi connectivity index (χ1v) is 9.07. The van der Waals surface area contributed by atoms with Crippen LogP contribution in [0.2, 0.25) is 5.02 Å². The summed E-state index contributed by atoms with van der Waals surface area (Å²) in [6.45, 7) is 0.0342. The van der Waals surface area contributed by atoms with Crippen molar-refractivity contribution in [3.63, 3.8) is 0 Å². The Labute approximate surface area is 167 Å². The van der Waals surface area contributed by atoms with Gasteiger partial charge in [-0.3, -0.25) is 29.4 Å². The molecule has 0 radical (unpaired) electrons. The van der Waals surface area contributed by atoms with Crippen molar-refractivity contribution in [3.05, 3.63) is 68.0 Å². The molecule has 0 unspecified atom stereocenters. The highest BCUT2D eigenvalue weighted by Gasteiger charge is 2.34. The standard InChI is InChI=1S/C17H12ClN3O6S/c18-11-4-3-10(8-12(11)21(25)26)9-14-16(23)20(17(24)28-14)6-5-19-15(22)13-2-1-7-27-13/h1-4,7-9H,5-6H2,(H,19,22). The highest BCUT2D eigenvalue weighted by atomic mass is 35.5. The van der Waals surface area contributed by atoms with Crippen LogP contribution in [-0.4, -0.2) is 40.0 Å². The van der Waals surface area contributed by atoms with Crippen molar-refractivity contribution >= 4 is 52.2 Å². The molecule has 3 amide bonds. The molecule has 2 aromatic rings. The van der Waals surface area contributed by atoms with Gasteiger partial charge in [-0.05, 0) is 41.6 Å². The smallest absolute Gasteiger partial charge is 0.293 e. The molecule has 11 heteroatoms. The van der Waals surface area contributed by atoms with Gasteiger partial charge < -0.3 is 9.73 Å². The number of hydrogen-bond acceptors (Lipinski definition) is 7. The number of hydrogen-bond donors (Lipinski definition) is 1. The predicted molar refractivity (Wildman–Crippen MR) is 102 cm³/mol. The minimum Gasteiger partial charge on any atom is -0.459 e. The third-order valence-corrected chi connectivity index (χ3v) is 4.93. The second-order valence-corrected chi connectivity index (χ2v) is 6.93. The summed E-state index contributed by atoms with van der Waals surface area (Å²) in [5.74, 6) is -0.876. The van der Waals surface area contributed by atoms with Crippen molar-refractivity contribution in [2.45, 2.75) is 0 Å². The molecule has 3 rings (SSSR count). The van der Waals surface area contributed by atoms with Crippen LogP contribution in [0.25, 0.3) is 6.08 Å². The molecule has 0 saturated carbocycles. The molecule has 1 aromatic heterocycles. The largest absolute Gasteiger partial charge is 0.459 e. The molecule has 1 aliphatic heterocycles. The predicted octanol–water partition coefficient (Wildman–Crippen LogP) is 3.31. The Hall–Kier alpha value is -3.11. The number of nitrogens with zero attached hydrogens (tertiary/aromatic N) is 2. The minimum atomic E-state index is -0.632. The van der Waals surface area contributed by atoms with Crippen molar-refractivity contribution in [1.82, 2.24) is 10.2 Å². The van der Waals surface area contributed by atoms with Gasteiger partial charge in [-0.2, -0.15) is 0 Å². The van der Waals surface area contributed by atoms with Gasteiger partial charge in [0.2, 0.25) is 0 Å². The Morgan fingerprint density at radius 3 is 2.82 bits per heavy atom. The van der Waals surface area contributed by atoms with E-state index in [0.717, 1.165) is 4.90 Å². The molecule has 1 aliphatic rings. The summed E-state index contributed by atoms with van der Waals surface area (Å²) in [5, 5.41) is 13.0. The van der Waals surface area contributed by atoms with Gasteiger partial charge >= 0.3 is 0 Å². The van der Waals surface area contributed by atoms with Crippen LogP contribution in [0.4, 0.5) is 10.5 Å². The second kappa shape index (κ2) is 8.28. The molecule has 0 aliphatic carbocycles. The molecule has 1 aromatic carbocycles. The summed E-state index contributed by atoms with van der Waals surface area (Å²) >= 11 is 6.48. The highest BCUT2D eigenvalue weighted by Crippen LogP contribution is 2.33. The summed E-state index contributed by atoms with van der Waals surface area (Å²) in [5.41, 5.74) is 0.0722. The van der Waals surface area contributed by atoms with E-state index in [1.54, 1.807) is 6.07 Å². The molecule has 1 N–H and O–H groups in total. The third kappa shape index (κ3) is 4.24. The lowest BCUT2D eigenvalue weighted by molar-refractivity contribution is -0.384. The SMILES string of the molecule is O=C(NCCN1C(=O)SC(=Cc2ccc(Cl)c([N+](=O)[O-])c2)C1=O)c1ccco1. The van der Waals surface area contributed by atoms with Gasteiger partial charge in [-0.15, -0.1) is 0 Å². The van der Waals surface area contributed by atoms with Crippen LogP contribution in [0.1, 0.15) is 16.1 Å². The number of thioether (sulfide) groups is 1. The lowest BCUT2D eigenvalue weighted by atomic mass is 10.2. The maximum Gasteiger partial charge on any atom is 0.293 e. The van der Waals surface area contributed by atoms with Crippen molar-refractivity contribution in [3.8, 4) is 0 Å². The molecule has 0 spiro atoms. The van der Waals surface area contributed by atoms with Gasteiger partial charge in [0.15, 0.2) is 5.76 Å². The number of benzene rings is 1. The monoisotopic (exact) mass is 421 g/mol. The van der Waals surface area contributed by atoms with E-state index >= 15 is 0 Å². The first-order valence-electron chi connectivity index (χ1n) is 7.88. The summed E-state index contributed by atoms with van der Waals surface area (Å²) in [6, 6.07) is 7.13. The third-order valence-electron chi connectivity index (χ3n) is 3.70. The fourth-order valence-electron chi connectivity index (χ4n) is 2.38. The number of amides is 3. The zero-order chi connectivity index (χ0) is 20.3. The Morgan fingerprint density at radius 1 is 1.36 bits per heavy atom. The van der Waals surface area contributed by atoms with Gasteiger partial charge in [0.1, 0.15) is 5.02 Å². The van der Waals surface area contributed by atoms with Crippen LogP contribution in [0.15, 0.2) is 45.9 Å². The number of carbonyl (C=O) groups excluding carboxylic acids is 3. The van der Waals surface area contributed by atoms with E-state index in [1.165, 1.54) is 36.6 Å². The summed E-state index contributed by atoms with van der Waals surface area (Å²) in [7, 11) is 0. The summed E-state index contributed by atoms with van der Waals surface area (Å²) < 4.78 is 4.95. The van der Waals surface area contributed by atoms with Crippen LogP contribution in [0.5, 0.6) is 0 Å². The zero-order valence-corrected chi connectivity index (χ0v) is 15.7. The van der Waals surface area contributed by atoms with Crippen LogP contribution in [-0.2, 0) is 4.79 Å². The van der Waals surface area contributed by atoms with E-state index in [1.807, 2.05) is 0 Å². The number of furan rings is 1. The van der Waals surface area contributed by atoms with Gasteiger partial charge in [-0.25, -0.2) is 0 Å². The van der Waals surface area contributed by atoms with E-state index in [-0.39, 0.29) is 34.5 Å². The van der Waals surface area contributed by atoms with Crippen LogP contribution >= 0.6 is 23.4 Å². The molecular formula is C17H12ClN3O6S. The molecule has 0 bridgehead atoms. The van der Waals surface area contributed by atoms with Gasteiger partial charge in [-0.1, -0.05) is 17.7 Å². The molecule has 1 fully saturated rings. The molecule has 9 nitrogen and oxygen atoms in total. The Morgan fingerprint density at radius 2 is 2.14 bits per heavy atom. The van der Waals surface area contributed by atoms with Gasteiger partial charge in [0, 0.05) is 19.2 Å². The van der Waals surface area contributed by atoms with E-state index in [2.05, 4.69) is 5.32 Å². The van der Waals surface area contributed by atoms with Gasteiger partial charge in [0.25, 0.3) is 22.7 Å². The lowest BCUT2D eigenvalue weighted by Crippen LogP contribution is -2.37. The second-order valence-electron chi connectivity index (χ2n) is 5.53. The molecular weight excluding hydrogens is 410 g/mol. The first-order chi connectivity index (χ1) is 13.4. The van der Waals surface area contributed by atoms with Crippen LogP contribution < -0.4 is 5.32 Å². The number of halogens is 1. The van der Waals surface area contributed by atoms with Crippen LogP contribution in [0.3, 0.4) is 0 Å². The number of rotatable bonds is 6. The van der Waals surface area contributed by atoms with Crippen molar-refractivity contribution < 1.29 is 23.7 Å². The van der Waals surface area contributed by atoms with Crippen molar-refractivity contribution in [1.29, 1.82) is 0 Å². The van der Waals surface area contributed by atoms with E-state index in [9.17, 15) is 24.5 Å². The maximum absolute atomic E-state index is 12.4. The topological polar surface area (TPSA) is 123 Å². The summed E-state index contributed by atoms with van der Waals surface area (Å²) in [6.07, 6.45) is 2.74. The molecule has 2 heterocycles. The number of nitro groups is 1. The summed E-state index contributed by atoms with van der Waals surface area (Å²) in [4.78, 5) is 47.8. The number of nitrogens with one attached hydrogen (secondary N) is 1. The minimum absolute atomic E-state index is 0.0186. The van der Waals surface area contributed by atoms with Crippen molar-refractivity contribution in [2.24, 2.45) is 0 Å². The Bertz CT molecular complexity index is 989. The van der Waals surface area contributed by atoms with Crippen LogP contribution in [0, 0.1) is 10.1 Å². The van der Waals surface area contributed by atoms with Gasteiger partial charge in [0.05, 0.1) is 16.1 Å². The molecule has 144 valence electrons. The zero-order valence-electron chi connectivity index (χ0n) is 14.1. The molecule has 0 atom stereocenters. The quantitative estimate of drug-likeness (QED) is 0.431. The van der Waals surface area contributed by atoms with E-state index < -0.39 is 22.0 Å². The average molecular weight is 422 g/mol. The van der Waals surface area contributed by atoms with Crippen molar-refractivity contribution in [2.75, 3.05) is 13.1 Å². The molecule has 1 saturated heterocycles. The maximum atomic E-state index is 12.4. The number of nitro benzene ring substituents is 1. The first kappa shape index (κ1) is 19.6. The Balaban J connectivity index is 1.66. The van der Waals surface area contributed by atoms with E-state index in [4.69, 9.17) is 16.0 Å². The molecule has 28 heavy (non-hydrogen) atoms. The normalized spacial score (nSPS) is 15.3. The number of carbonyl (C=O) groups is 3. The fourth-order valence-corrected chi connectivity index (χ4v) is 3.43. The fraction of sp³-hybridized carbons (Fsp3) is 0.118. The lowest BCUT2D eigenvalue weighted by Gasteiger charge is -2.12. The Kier molecular flexibility index (Phi) is 5.81. The average Bonchev–Trinajstić information content (AvgIpc) is 3.27. The van der Waals surface area contributed by atoms with E-state index in [0.29, 0.717) is 17.3 Å².